The molecule has 0 bridgehead atoms. The fourth-order valence-electron chi connectivity index (χ4n) is 0.316. The SMILES string of the molecule is CCCCO.CCCCO.[I][Zr][I]. The van der Waals surface area contributed by atoms with Crippen molar-refractivity contribution in [3.05, 3.63) is 0 Å². The molecule has 0 fully saturated rings. The van der Waals surface area contributed by atoms with Crippen LogP contribution in [0.3, 0.4) is 0 Å². The Kier molecular flexibility index (Phi) is 46.4. The van der Waals surface area contributed by atoms with Crippen molar-refractivity contribution in [2.75, 3.05) is 13.2 Å². The fourth-order valence-corrected chi connectivity index (χ4v) is 0.316. The van der Waals surface area contributed by atoms with Gasteiger partial charge in [-0.2, -0.15) is 0 Å². The van der Waals surface area contributed by atoms with Gasteiger partial charge in [-0.15, -0.1) is 0 Å². The van der Waals surface area contributed by atoms with E-state index >= 15 is 0 Å². The van der Waals surface area contributed by atoms with Crippen LogP contribution >= 0.6 is 36.1 Å². The zero-order valence-electron chi connectivity index (χ0n) is 8.39. The average molecular weight is 493 g/mol. The maximum absolute atomic E-state index is 8.07. The summed E-state index contributed by atoms with van der Waals surface area (Å²) in [5.74, 6) is 0. The van der Waals surface area contributed by atoms with Crippen LogP contribution in [-0.2, 0) is 14.9 Å². The van der Waals surface area contributed by atoms with E-state index in [1.165, 1.54) is 0 Å². The van der Waals surface area contributed by atoms with Crippen LogP contribution in [-0.4, -0.2) is 23.4 Å². The number of rotatable bonds is 4. The number of aliphatic hydroxyl groups is 2. The van der Waals surface area contributed by atoms with Crippen LogP contribution in [0.25, 0.3) is 0 Å². The first-order chi connectivity index (χ1) is 6.24. The Labute approximate surface area is 112 Å². The van der Waals surface area contributed by atoms with E-state index < -0.39 is 0 Å². The summed E-state index contributed by atoms with van der Waals surface area (Å²) in [5, 5.41) is 16.1. The molecule has 0 saturated heterocycles. The van der Waals surface area contributed by atoms with Crippen molar-refractivity contribution in [1.29, 1.82) is 0 Å². The molecule has 0 aromatic rings. The standard InChI is InChI=1S/2C4H10O.2HI.Zr/c2*1-2-3-4-5;;;/h2*5H,2-4H2,1H3;2*1H;/q;;;;+2/p-2. The van der Waals surface area contributed by atoms with Gasteiger partial charge in [0.1, 0.15) is 0 Å². The molecule has 5 heteroatoms. The predicted octanol–water partition coefficient (Wildman–Crippen LogP) is 3.33. The molecule has 0 radical (unpaired) electrons. The Morgan fingerprint density at radius 1 is 0.923 bits per heavy atom. The maximum atomic E-state index is 8.07. The van der Waals surface area contributed by atoms with Crippen LogP contribution < -0.4 is 0 Å². The third-order valence-corrected chi connectivity index (χ3v) is 1.02. The van der Waals surface area contributed by atoms with E-state index in [0.29, 0.717) is 13.2 Å². The predicted molar refractivity (Wildman–Crippen MR) is 72.0 cm³/mol. The summed E-state index contributed by atoms with van der Waals surface area (Å²) < 4.78 is 0. The van der Waals surface area contributed by atoms with Crippen LogP contribution in [0, 0.1) is 0 Å². The summed E-state index contributed by atoms with van der Waals surface area (Å²) >= 11 is 5.06. The third-order valence-electron chi connectivity index (χ3n) is 1.02. The van der Waals surface area contributed by atoms with E-state index in [9.17, 15) is 0 Å². The van der Waals surface area contributed by atoms with E-state index in [1.807, 2.05) is 0 Å². The second-order valence-corrected chi connectivity index (χ2v) is 21.2. The molecule has 2 nitrogen and oxygen atoms in total. The van der Waals surface area contributed by atoms with Crippen molar-refractivity contribution in [3.8, 4) is 0 Å². The molecule has 0 heterocycles. The topological polar surface area (TPSA) is 40.5 Å². The Bertz CT molecular complexity index is 49.4. The minimum atomic E-state index is 0.170. The zero-order valence-corrected chi connectivity index (χ0v) is 15.2. The molecular formula is C8H20I2O2Zr. The van der Waals surface area contributed by atoms with Crippen molar-refractivity contribution < 1.29 is 25.1 Å². The summed E-state index contributed by atoms with van der Waals surface area (Å²) in [6.07, 6.45) is 4.08. The van der Waals surface area contributed by atoms with Gasteiger partial charge in [-0.3, -0.25) is 0 Å². The van der Waals surface area contributed by atoms with E-state index in [2.05, 4.69) is 49.9 Å². The fraction of sp³-hybridized carbons (Fsp3) is 1.00. The summed E-state index contributed by atoms with van der Waals surface area (Å²) in [6.45, 7) is 4.79. The van der Waals surface area contributed by atoms with E-state index in [0.717, 1.165) is 25.7 Å². The van der Waals surface area contributed by atoms with Gasteiger partial charge in [0.05, 0.1) is 0 Å². The van der Waals surface area contributed by atoms with Gasteiger partial charge < -0.3 is 10.2 Å². The molecule has 0 saturated carbocycles. The first-order valence-corrected chi connectivity index (χ1v) is 19.0. The van der Waals surface area contributed by atoms with Gasteiger partial charge in [0, 0.05) is 13.2 Å². The van der Waals surface area contributed by atoms with Crippen LogP contribution in [0.4, 0.5) is 0 Å². The van der Waals surface area contributed by atoms with Gasteiger partial charge in [0.2, 0.25) is 0 Å². The van der Waals surface area contributed by atoms with Crippen molar-refractivity contribution in [3.63, 3.8) is 0 Å². The van der Waals surface area contributed by atoms with Gasteiger partial charge in [-0.1, -0.05) is 26.7 Å². The molecular weight excluding hydrogens is 473 g/mol. The van der Waals surface area contributed by atoms with E-state index in [4.69, 9.17) is 10.2 Å². The molecule has 0 aliphatic heterocycles. The van der Waals surface area contributed by atoms with Crippen LogP contribution in [0.2, 0.25) is 0 Å². The number of hydrogen-bond donors (Lipinski definition) is 2. The summed E-state index contributed by atoms with van der Waals surface area (Å²) in [6, 6.07) is 0. The molecule has 82 valence electrons. The van der Waals surface area contributed by atoms with Crippen LogP contribution in [0.1, 0.15) is 39.5 Å². The summed E-state index contributed by atoms with van der Waals surface area (Å²) in [4.78, 5) is 0. The van der Waals surface area contributed by atoms with Crippen molar-refractivity contribution in [2.24, 2.45) is 0 Å². The Morgan fingerprint density at radius 3 is 1.15 bits per heavy atom. The monoisotopic (exact) mass is 492 g/mol. The van der Waals surface area contributed by atoms with E-state index in [-0.39, 0.29) is 14.9 Å². The Hall–Kier alpha value is 2.26. The summed E-state index contributed by atoms with van der Waals surface area (Å²) in [7, 11) is 0. The van der Waals surface area contributed by atoms with Crippen LogP contribution in [0.5, 0.6) is 0 Å². The third kappa shape index (κ3) is 54.7. The molecule has 0 spiro atoms. The van der Waals surface area contributed by atoms with Crippen molar-refractivity contribution in [2.45, 2.75) is 39.5 Å². The minimum absolute atomic E-state index is 0.170. The van der Waals surface area contributed by atoms with Gasteiger partial charge in [-0.05, 0) is 12.8 Å². The second kappa shape index (κ2) is 29.2. The average Bonchev–Trinajstić information content (AvgIpc) is 2.09. The quantitative estimate of drug-likeness (QED) is 0.591. The van der Waals surface area contributed by atoms with Gasteiger partial charge >= 0.3 is 50.9 Å². The molecule has 0 aromatic carbocycles. The molecule has 0 amide bonds. The van der Waals surface area contributed by atoms with Gasteiger partial charge in [-0.25, -0.2) is 0 Å². The van der Waals surface area contributed by atoms with Crippen molar-refractivity contribution >= 4 is 36.1 Å². The first-order valence-electron chi connectivity index (χ1n) is 4.42. The van der Waals surface area contributed by atoms with Gasteiger partial charge in [0.15, 0.2) is 0 Å². The first kappa shape index (κ1) is 20.6. The number of halogens is 2. The molecule has 0 rings (SSSR count). The molecule has 0 aromatic heterocycles. The second-order valence-electron chi connectivity index (χ2n) is 2.23. The molecule has 2 N–H and O–H groups in total. The molecule has 13 heavy (non-hydrogen) atoms. The number of hydrogen-bond acceptors (Lipinski definition) is 2. The van der Waals surface area contributed by atoms with Gasteiger partial charge in [0.25, 0.3) is 0 Å². The molecule has 0 aliphatic carbocycles. The zero-order chi connectivity index (χ0) is 10.9. The number of unbranched alkanes of at least 4 members (excludes halogenated alkanes) is 2. The molecule has 0 aliphatic rings. The van der Waals surface area contributed by atoms with Crippen molar-refractivity contribution in [1.82, 2.24) is 0 Å². The Morgan fingerprint density at radius 2 is 1.15 bits per heavy atom. The van der Waals surface area contributed by atoms with E-state index in [1.54, 1.807) is 0 Å². The van der Waals surface area contributed by atoms with Crippen LogP contribution in [0.15, 0.2) is 0 Å². The molecule has 0 unspecified atom stereocenters. The summed E-state index contributed by atoms with van der Waals surface area (Å²) in [5.41, 5.74) is 0. The number of aliphatic hydroxyl groups excluding tert-OH is 2. The normalized spacial score (nSPS) is 7.54. The Balaban J connectivity index is -0.000000120. The molecule has 0 atom stereocenters.